The Morgan fingerprint density at radius 3 is 3.06 bits per heavy atom. The zero-order valence-electron chi connectivity index (χ0n) is 10.2. The summed E-state index contributed by atoms with van der Waals surface area (Å²) in [5.41, 5.74) is 3.63. The molecule has 3 rings (SSSR count). The van der Waals surface area contributed by atoms with Gasteiger partial charge in [-0.05, 0) is 59.8 Å². The Hall–Kier alpha value is -1.29. The van der Waals surface area contributed by atoms with E-state index in [1.54, 1.807) is 0 Å². The van der Waals surface area contributed by atoms with Crippen LogP contribution in [0.2, 0.25) is 0 Å². The molecule has 18 heavy (non-hydrogen) atoms. The van der Waals surface area contributed by atoms with Crippen LogP contribution in [0.4, 0.5) is 0 Å². The maximum absolute atomic E-state index is 4.58. The molecular weight excluding hydrogens is 290 g/mol. The van der Waals surface area contributed by atoms with Gasteiger partial charge in [0.1, 0.15) is 10.4 Å². The van der Waals surface area contributed by atoms with Crippen LogP contribution < -0.4 is 0 Å². The molecule has 2 heterocycles. The van der Waals surface area contributed by atoms with Crippen LogP contribution in [0.15, 0.2) is 29.0 Å². The lowest BCUT2D eigenvalue weighted by Crippen LogP contribution is -2.14. The van der Waals surface area contributed by atoms with Crippen molar-refractivity contribution in [1.29, 1.82) is 0 Å². The Morgan fingerprint density at radius 1 is 1.33 bits per heavy atom. The third kappa shape index (κ3) is 2.17. The van der Waals surface area contributed by atoms with Crippen molar-refractivity contribution in [3.8, 4) is 0 Å². The number of pyridine rings is 1. The first-order valence-corrected chi connectivity index (χ1v) is 6.98. The van der Waals surface area contributed by atoms with Gasteiger partial charge in [0.15, 0.2) is 0 Å². The van der Waals surface area contributed by atoms with Crippen molar-refractivity contribution in [3.05, 3.63) is 51.8 Å². The van der Waals surface area contributed by atoms with Gasteiger partial charge in [0.2, 0.25) is 0 Å². The summed E-state index contributed by atoms with van der Waals surface area (Å²) in [6.07, 6.45) is 5.32. The molecule has 92 valence electrons. The maximum atomic E-state index is 4.58. The van der Waals surface area contributed by atoms with Crippen LogP contribution in [0, 0.1) is 6.92 Å². The predicted molar refractivity (Wildman–Crippen MR) is 73.5 cm³/mol. The molecular formula is C14H14BrN3. The summed E-state index contributed by atoms with van der Waals surface area (Å²) < 4.78 is 0.855. The van der Waals surface area contributed by atoms with Gasteiger partial charge in [-0.2, -0.15) is 0 Å². The molecule has 0 saturated carbocycles. The Balaban J connectivity index is 2.08. The molecule has 2 aromatic heterocycles. The first kappa shape index (κ1) is 11.8. The van der Waals surface area contributed by atoms with Crippen LogP contribution in [0.1, 0.15) is 41.5 Å². The molecule has 0 aromatic carbocycles. The summed E-state index contributed by atoms with van der Waals surface area (Å²) in [6.45, 7) is 1.93. The molecule has 2 aromatic rings. The molecule has 0 fully saturated rings. The van der Waals surface area contributed by atoms with Gasteiger partial charge >= 0.3 is 0 Å². The van der Waals surface area contributed by atoms with Gasteiger partial charge < -0.3 is 0 Å². The number of hydrogen-bond donors (Lipinski definition) is 0. The highest BCUT2D eigenvalue weighted by Gasteiger charge is 2.24. The average Bonchev–Trinajstić information content (AvgIpc) is 2.37. The zero-order valence-corrected chi connectivity index (χ0v) is 11.8. The minimum atomic E-state index is 0.313. The highest BCUT2D eigenvalue weighted by molar-refractivity contribution is 9.10. The number of aromatic nitrogens is 3. The number of fused-ring (bicyclic) bond motifs is 1. The highest BCUT2D eigenvalue weighted by atomic mass is 79.9. The van der Waals surface area contributed by atoms with Crippen molar-refractivity contribution < 1.29 is 0 Å². The minimum Gasteiger partial charge on any atom is -0.260 e. The lowest BCUT2D eigenvalue weighted by molar-refractivity contribution is 0.584. The van der Waals surface area contributed by atoms with E-state index in [4.69, 9.17) is 0 Å². The largest absolute Gasteiger partial charge is 0.260 e. The average molecular weight is 304 g/mol. The molecule has 3 nitrogen and oxygen atoms in total. The zero-order chi connectivity index (χ0) is 12.5. The van der Waals surface area contributed by atoms with Gasteiger partial charge in [0.25, 0.3) is 0 Å². The van der Waals surface area contributed by atoms with Crippen molar-refractivity contribution in [1.82, 2.24) is 15.0 Å². The maximum Gasteiger partial charge on any atom is 0.126 e. The second kappa shape index (κ2) is 4.76. The van der Waals surface area contributed by atoms with E-state index in [-0.39, 0.29) is 0 Å². The van der Waals surface area contributed by atoms with Crippen molar-refractivity contribution in [2.24, 2.45) is 0 Å². The fraction of sp³-hybridized carbons (Fsp3) is 0.357. The van der Waals surface area contributed by atoms with E-state index in [1.807, 2.05) is 25.3 Å². The van der Waals surface area contributed by atoms with Gasteiger partial charge in [0, 0.05) is 12.1 Å². The third-order valence-electron chi connectivity index (χ3n) is 3.38. The molecule has 0 bridgehead atoms. The fourth-order valence-corrected chi connectivity index (χ4v) is 3.12. The van der Waals surface area contributed by atoms with Crippen LogP contribution in [0.5, 0.6) is 0 Å². The molecule has 1 unspecified atom stereocenters. The molecule has 0 N–H and O–H groups in total. The Morgan fingerprint density at radius 2 is 2.22 bits per heavy atom. The quantitative estimate of drug-likeness (QED) is 0.758. The summed E-state index contributed by atoms with van der Waals surface area (Å²) in [5, 5.41) is 0. The molecule has 1 atom stereocenters. The summed E-state index contributed by atoms with van der Waals surface area (Å²) >= 11 is 3.45. The van der Waals surface area contributed by atoms with Crippen LogP contribution in [0.3, 0.4) is 0 Å². The monoisotopic (exact) mass is 303 g/mol. The molecule has 4 heteroatoms. The van der Waals surface area contributed by atoms with Crippen LogP contribution in [-0.2, 0) is 6.42 Å². The molecule has 1 aliphatic carbocycles. The Bertz CT molecular complexity index is 563. The van der Waals surface area contributed by atoms with Crippen molar-refractivity contribution >= 4 is 15.9 Å². The van der Waals surface area contributed by atoms with E-state index in [0.717, 1.165) is 29.0 Å². The Kier molecular flexibility index (Phi) is 3.12. The van der Waals surface area contributed by atoms with Crippen LogP contribution in [0.25, 0.3) is 0 Å². The molecule has 0 radical (unpaired) electrons. The highest BCUT2D eigenvalue weighted by Crippen LogP contribution is 2.34. The summed E-state index contributed by atoms with van der Waals surface area (Å²) in [6, 6.07) is 6.21. The SMILES string of the molecule is Cc1nc(Br)cc(C2CCCc3cccnc32)n1. The second-order valence-corrected chi connectivity index (χ2v) is 5.47. The minimum absolute atomic E-state index is 0.313. The molecule has 0 spiro atoms. The van der Waals surface area contributed by atoms with E-state index in [9.17, 15) is 0 Å². The van der Waals surface area contributed by atoms with E-state index < -0.39 is 0 Å². The predicted octanol–water partition coefficient (Wildman–Crippen LogP) is 3.41. The number of nitrogens with zero attached hydrogens (tertiary/aromatic N) is 3. The van der Waals surface area contributed by atoms with E-state index in [2.05, 4.69) is 36.9 Å². The summed E-state index contributed by atoms with van der Waals surface area (Å²) in [5.74, 6) is 1.12. The first-order chi connectivity index (χ1) is 8.74. The second-order valence-electron chi connectivity index (χ2n) is 4.66. The van der Waals surface area contributed by atoms with E-state index >= 15 is 0 Å². The van der Waals surface area contributed by atoms with Crippen LogP contribution in [-0.4, -0.2) is 15.0 Å². The standard InChI is InChI=1S/C14H14BrN3/c1-9-17-12(8-13(15)18-9)11-6-2-4-10-5-3-7-16-14(10)11/h3,5,7-8,11H,2,4,6H2,1H3. The summed E-state index contributed by atoms with van der Waals surface area (Å²) in [7, 11) is 0. The van der Waals surface area contributed by atoms with Crippen molar-refractivity contribution in [3.63, 3.8) is 0 Å². The summed E-state index contributed by atoms with van der Waals surface area (Å²) in [4.78, 5) is 13.4. The van der Waals surface area contributed by atoms with Gasteiger partial charge in [0.05, 0.1) is 11.4 Å². The van der Waals surface area contributed by atoms with Gasteiger partial charge in [-0.15, -0.1) is 0 Å². The van der Waals surface area contributed by atoms with Gasteiger partial charge in [-0.25, -0.2) is 9.97 Å². The Labute approximate surface area is 115 Å². The first-order valence-electron chi connectivity index (χ1n) is 6.19. The molecule has 0 aliphatic heterocycles. The lowest BCUT2D eigenvalue weighted by atomic mass is 9.84. The van der Waals surface area contributed by atoms with Gasteiger partial charge in [-0.3, -0.25) is 4.98 Å². The number of halogens is 1. The van der Waals surface area contributed by atoms with Crippen molar-refractivity contribution in [2.75, 3.05) is 0 Å². The van der Waals surface area contributed by atoms with Crippen LogP contribution >= 0.6 is 15.9 Å². The number of rotatable bonds is 1. The molecule has 0 amide bonds. The molecule has 1 aliphatic rings. The van der Waals surface area contributed by atoms with Crippen molar-refractivity contribution in [2.45, 2.75) is 32.1 Å². The van der Waals surface area contributed by atoms with E-state index in [1.165, 1.54) is 17.7 Å². The van der Waals surface area contributed by atoms with Gasteiger partial charge in [-0.1, -0.05) is 6.07 Å². The fourth-order valence-electron chi connectivity index (χ4n) is 2.63. The molecule has 0 saturated heterocycles. The normalized spacial score (nSPS) is 18.4. The number of aryl methyl sites for hydroxylation is 2. The smallest absolute Gasteiger partial charge is 0.126 e. The topological polar surface area (TPSA) is 38.7 Å². The third-order valence-corrected chi connectivity index (χ3v) is 3.78. The lowest BCUT2D eigenvalue weighted by Gasteiger charge is -2.23. The van der Waals surface area contributed by atoms with E-state index in [0.29, 0.717) is 5.92 Å². The number of hydrogen-bond acceptors (Lipinski definition) is 3.